The predicted molar refractivity (Wildman–Crippen MR) is 154 cm³/mol. The van der Waals surface area contributed by atoms with Crippen LogP contribution in [0.1, 0.15) is 38.7 Å². The Morgan fingerprint density at radius 2 is 1.71 bits per heavy atom. The van der Waals surface area contributed by atoms with E-state index >= 15 is 0 Å². The van der Waals surface area contributed by atoms with Crippen LogP contribution in [-0.2, 0) is 21.2 Å². The Morgan fingerprint density at radius 1 is 1.03 bits per heavy atom. The second-order valence-electron chi connectivity index (χ2n) is 10.1. The first-order valence-corrected chi connectivity index (χ1v) is 15.6. The fraction of sp³-hybridized carbons (Fsp3) is 0.414. The van der Waals surface area contributed by atoms with E-state index < -0.39 is 16.1 Å². The molecule has 7 nitrogen and oxygen atoms in total. The summed E-state index contributed by atoms with van der Waals surface area (Å²) in [4.78, 5) is 12.8. The van der Waals surface area contributed by atoms with E-state index in [0.29, 0.717) is 44.5 Å². The molecule has 2 radical (unpaired) electrons. The van der Waals surface area contributed by atoms with Crippen molar-refractivity contribution in [3.63, 3.8) is 0 Å². The van der Waals surface area contributed by atoms with Gasteiger partial charge in [0.25, 0.3) is 0 Å². The quantitative estimate of drug-likeness (QED) is 0.148. The number of rotatable bonds is 14. The van der Waals surface area contributed by atoms with Crippen LogP contribution < -0.4 is 11.1 Å². The number of nitrogens with two attached hydrogens (primary N) is 1. The Bertz CT molecular complexity index is 1300. The fourth-order valence-corrected chi connectivity index (χ4v) is 6.86. The summed E-state index contributed by atoms with van der Waals surface area (Å²) >= 11 is 2.46. The summed E-state index contributed by atoms with van der Waals surface area (Å²) in [6.45, 7) is 4.43. The van der Waals surface area contributed by atoms with E-state index in [1.165, 1.54) is 21.8 Å². The topological polar surface area (TPSA) is 113 Å². The van der Waals surface area contributed by atoms with E-state index in [4.69, 9.17) is 5.73 Å². The number of nitrogen functional groups attached to an aromatic ring is 1. The minimum absolute atomic E-state index is 0.0239. The molecule has 0 bridgehead atoms. The van der Waals surface area contributed by atoms with Crippen molar-refractivity contribution in [1.29, 1.82) is 0 Å². The number of unbranched alkanes of at least 4 members (excludes halogenated alkanes) is 1. The van der Waals surface area contributed by atoms with Gasteiger partial charge in [0, 0.05) is 5.69 Å². The molecule has 0 aliphatic heterocycles. The van der Waals surface area contributed by atoms with Gasteiger partial charge >= 0.3 is 212 Å². The van der Waals surface area contributed by atoms with Crippen LogP contribution >= 0.6 is 0 Å². The number of anilines is 1. The molecule has 0 spiro atoms. The van der Waals surface area contributed by atoms with Gasteiger partial charge in [0.15, 0.2) is 0 Å². The number of nitrogens with zero attached hydrogens (tertiary/aromatic N) is 1. The Morgan fingerprint density at radius 3 is 2.37 bits per heavy atom. The molecule has 3 aromatic rings. The van der Waals surface area contributed by atoms with Crippen LogP contribution in [0.15, 0.2) is 71.6 Å². The normalized spacial score (nSPS) is 13.6. The van der Waals surface area contributed by atoms with Gasteiger partial charge in [-0.05, 0) is 12.1 Å². The Labute approximate surface area is 235 Å². The monoisotopic (exact) mass is 599 g/mol. The molecule has 0 unspecified atom stereocenters. The molecule has 9 heteroatoms. The number of hydrogen-bond donors (Lipinski definition) is 3. The Hall–Kier alpha value is -2.38. The molecule has 0 aromatic heterocycles. The number of aliphatic hydroxyl groups is 1. The third kappa shape index (κ3) is 8.31. The smallest absolute Gasteiger partial charge is 0.399 e. The number of fused-ring (bicyclic) bond motifs is 1. The van der Waals surface area contributed by atoms with E-state index in [9.17, 15) is 18.3 Å². The third-order valence-corrected chi connectivity index (χ3v) is 9.27. The van der Waals surface area contributed by atoms with Gasteiger partial charge < -0.3 is 5.73 Å². The van der Waals surface area contributed by atoms with E-state index in [1.807, 2.05) is 26.0 Å². The van der Waals surface area contributed by atoms with E-state index in [-0.39, 0.29) is 28.0 Å². The van der Waals surface area contributed by atoms with Crippen molar-refractivity contribution in [1.82, 2.24) is 9.62 Å². The first kappa shape index (κ1) is 30.2. The van der Waals surface area contributed by atoms with Crippen molar-refractivity contribution in [3.05, 3.63) is 72.3 Å². The number of hydrogen-bond acceptors (Lipinski definition) is 5. The van der Waals surface area contributed by atoms with E-state index in [0.717, 1.165) is 10.9 Å². The molecular formula is C29H38AsN3O4S. The van der Waals surface area contributed by atoms with Crippen molar-refractivity contribution >= 4 is 49.2 Å². The summed E-state index contributed by atoms with van der Waals surface area (Å²) in [7, 11) is -3.79. The van der Waals surface area contributed by atoms with Crippen molar-refractivity contribution in [2.75, 3.05) is 25.4 Å². The van der Waals surface area contributed by atoms with Crippen LogP contribution in [0, 0.1) is 5.92 Å². The van der Waals surface area contributed by atoms with Gasteiger partial charge in [-0.2, -0.15) is 0 Å². The molecule has 0 heterocycles. The molecule has 4 N–H and O–H groups in total. The van der Waals surface area contributed by atoms with E-state index in [2.05, 4.69) is 52.5 Å². The minimum atomic E-state index is -3.79. The van der Waals surface area contributed by atoms with Crippen LogP contribution in [-0.4, -0.2) is 66.3 Å². The van der Waals surface area contributed by atoms with Crippen LogP contribution in [0.4, 0.5) is 5.69 Å². The number of amides is 1. The van der Waals surface area contributed by atoms with Gasteiger partial charge in [-0.1, -0.05) is 0 Å². The first-order chi connectivity index (χ1) is 18.1. The van der Waals surface area contributed by atoms with Crippen molar-refractivity contribution in [2.45, 2.75) is 55.2 Å². The Kier molecular flexibility index (Phi) is 11.2. The number of benzene rings is 3. The summed E-state index contributed by atoms with van der Waals surface area (Å²) in [5, 5.41) is 15.4. The fourth-order valence-electron chi connectivity index (χ4n) is 4.42. The maximum absolute atomic E-state index is 13.4. The molecule has 0 fully saturated rings. The van der Waals surface area contributed by atoms with Gasteiger partial charge in [0.1, 0.15) is 0 Å². The zero-order valence-corrected chi connectivity index (χ0v) is 24.8. The summed E-state index contributed by atoms with van der Waals surface area (Å²) in [5.74, 6) is 0.0679. The van der Waals surface area contributed by atoms with E-state index in [1.54, 1.807) is 12.1 Å². The zero-order valence-electron chi connectivity index (χ0n) is 22.1. The molecule has 0 aliphatic rings. The second-order valence-corrected chi connectivity index (χ2v) is 13.3. The number of carbonyl (C=O) groups excluding carboxylic acids is 1. The van der Waals surface area contributed by atoms with Crippen LogP contribution in [0.25, 0.3) is 10.8 Å². The minimum Gasteiger partial charge on any atom is -0.399 e. The standard InChI is InChI=1S/C29H38AsN3O4S/c1-21(2)19-33(38(36,37)27-14-12-25(31)13-15-27)26(20-34)9-5-6-16-32-29(35)28(30)18-22-10-11-23-7-3-4-8-24(23)17-22/h3-4,7-8,10-15,17,21,26,28,34H,5-6,9,16,18-20,31H2,1-2H3,(H,32,35)/t26-,28-/m0/s1. The Balaban J connectivity index is 1.51. The molecule has 0 saturated heterocycles. The number of aliphatic hydroxyl groups excluding tert-OH is 1. The predicted octanol–water partition coefficient (Wildman–Crippen LogP) is 3.92. The van der Waals surface area contributed by atoms with Crippen LogP contribution in [0.2, 0.25) is 4.71 Å². The molecule has 1 amide bonds. The molecular weight excluding hydrogens is 561 g/mol. The van der Waals surface area contributed by atoms with Crippen LogP contribution in [0.3, 0.4) is 0 Å². The third-order valence-electron chi connectivity index (χ3n) is 6.46. The molecule has 0 saturated carbocycles. The van der Waals surface area contributed by atoms with Crippen molar-refractivity contribution < 1.29 is 18.3 Å². The average Bonchev–Trinajstić information content (AvgIpc) is 2.89. The SMILES string of the molecule is CC(C)CN([C@H](CO)CCCCNC(=O)[C@@H]([As])Cc1ccc2ccccc2c1)S(=O)(=O)c1ccc(N)cc1. The average molecular weight is 600 g/mol. The summed E-state index contributed by atoms with van der Waals surface area (Å²) in [5.41, 5.74) is 7.33. The van der Waals surface area contributed by atoms with Gasteiger partial charge in [-0.25, -0.2) is 0 Å². The molecule has 3 aromatic carbocycles. The first-order valence-electron chi connectivity index (χ1n) is 13.0. The summed E-state index contributed by atoms with van der Waals surface area (Å²) in [6, 6.07) is 20.0. The van der Waals surface area contributed by atoms with Crippen molar-refractivity contribution in [3.8, 4) is 0 Å². The maximum atomic E-state index is 13.4. The van der Waals surface area contributed by atoms with Gasteiger partial charge in [0.05, 0.1) is 0 Å². The molecule has 3 rings (SSSR count). The summed E-state index contributed by atoms with van der Waals surface area (Å²) in [6.07, 6.45) is 2.49. The molecule has 0 aliphatic carbocycles. The van der Waals surface area contributed by atoms with Gasteiger partial charge in [0.2, 0.25) is 0 Å². The number of sulfonamides is 1. The molecule has 204 valence electrons. The zero-order chi connectivity index (χ0) is 27.7. The van der Waals surface area contributed by atoms with Crippen molar-refractivity contribution in [2.24, 2.45) is 5.92 Å². The summed E-state index contributed by atoms with van der Waals surface area (Å²) < 4.78 is 27.9. The number of nitrogens with one attached hydrogen (secondary N) is 1. The van der Waals surface area contributed by atoms with Gasteiger partial charge in [-0.15, -0.1) is 0 Å². The van der Waals surface area contributed by atoms with Crippen LogP contribution in [0.5, 0.6) is 0 Å². The molecule has 2 atom stereocenters. The number of carbonyl (C=O) groups is 1. The van der Waals surface area contributed by atoms with Gasteiger partial charge in [-0.3, -0.25) is 0 Å². The second kappa shape index (κ2) is 14.1. The molecule has 38 heavy (non-hydrogen) atoms.